The van der Waals surface area contributed by atoms with Crippen LogP contribution in [0.3, 0.4) is 0 Å². The van der Waals surface area contributed by atoms with Gasteiger partial charge in [0.05, 0.1) is 19.9 Å². The number of thiophene rings is 1. The molecule has 1 aromatic heterocycles. The number of hydrogen-bond donors (Lipinski definition) is 2. The molecule has 8 heteroatoms. The second kappa shape index (κ2) is 9.35. The Kier molecular flexibility index (Phi) is 7.35. The van der Waals surface area contributed by atoms with Crippen molar-refractivity contribution in [1.82, 2.24) is 5.32 Å². The van der Waals surface area contributed by atoms with Crippen molar-refractivity contribution in [2.45, 2.75) is 46.3 Å². The van der Waals surface area contributed by atoms with Gasteiger partial charge in [-0.3, -0.25) is 0 Å². The van der Waals surface area contributed by atoms with E-state index in [9.17, 15) is 9.59 Å². The number of ether oxygens (including phenoxy) is 3. The molecule has 1 aromatic carbocycles. The molecule has 7 nitrogen and oxygen atoms in total. The number of anilines is 1. The van der Waals surface area contributed by atoms with Crippen LogP contribution in [0.5, 0.6) is 5.75 Å². The molecule has 1 heterocycles. The molecule has 0 aliphatic carbocycles. The minimum Gasteiger partial charge on any atom is -0.497 e. The first-order valence-electron chi connectivity index (χ1n) is 9.48. The van der Waals surface area contributed by atoms with E-state index in [0.29, 0.717) is 22.9 Å². The molecule has 1 atom stereocenters. The molecule has 0 radical (unpaired) electrons. The zero-order valence-electron chi connectivity index (χ0n) is 18.0. The first-order valence-corrected chi connectivity index (χ1v) is 10.3. The standard InChI is InChI=1S/C21H30N2O5S/c1-12(2)15(11-22-20(25)28-21(3,4)5)23-17-14-10-13(26-6)8-9-16(14)29-18(17)19(24)27-7/h8-10,12,15,23H,11H2,1-7H3,(H,22,25). The zero-order chi connectivity index (χ0) is 21.8. The van der Waals surface area contributed by atoms with Gasteiger partial charge in [-0.15, -0.1) is 11.3 Å². The summed E-state index contributed by atoms with van der Waals surface area (Å²) in [4.78, 5) is 24.9. The molecule has 2 N–H and O–H groups in total. The normalized spacial score (nSPS) is 12.6. The predicted molar refractivity (Wildman–Crippen MR) is 116 cm³/mol. The van der Waals surface area contributed by atoms with E-state index in [1.165, 1.54) is 18.4 Å². The molecule has 0 bridgehead atoms. The van der Waals surface area contributed by atoms with Crippen LogP contribution < -0.4 is 15.4 Å². The molecule has 29 heavy (non-hydrogen) atoms. The molecule has 0 spiro atoms. The number of nitrogens with one attached hydrogen (secondary N) is 2. The maximum Gasteiger partial charge on any atom is 0.407 e. The Bertz CT molecular complexity index is 870. The number of esters is 1. The van der Waals surface area contributed by atoms with E-state index < -0.39 is 17.7 Å². The fourth-order valence-electron chi connectivity index (χ4n) is 2.73. The Balaban J connectivity index is 2.32. The lowest BCUT2D eigenvalue weighted by Crippen LogP contribution is -2.42. The van der Waals surface area contributed by atoms with E-state index >= 15 is 0 Å². The minimum absolute atomic E-state index is 0.130. The van der Waals surface area contributed by atoms with Gasteiger partial charge >= 0.3 is 12.1 Å². The molecule has 2 rings (SSSR count). The average Bonchev–Trinajstić information content (AvgIpc) is 3.00. The van der Waals surface area contributed by atoms with Gasteiger partial charge in [0.1, 0.15) is 16.2 Å². The fourth-order valence-corrected chi connectivity index (χ4v) is 3.79. The summed E-state index contributed by atoms with van der Waals surface area (Å²) in [6.07, 6.45) is -0.477. The van der Waals surface area contributed by atoms with Crippen molar-refractivity contribution in [3.05, 3.63) is 23.1 Å². The summed E-state index contributed by atoms with van der Waals surface area (Å²) in [5, 5.41) is 7.12. The van der Waals surface area contributed by atoms with Crippen LogP contribution in [-0.2, 0) is 9.47 Å². The van der Waals surface area contributed by atoms with Crippen molar-refractivity contribution >= 4 is 39.2 Å². The van der Waals surface area contributed by atoms with Crippen LogP contribution in [0.2, 0.25) is 0 Å². The van der Waals surface area contributed by atoms with Gasteiger partial charge in [-0.1, -0.05) is 13.8 Å². The van der Waals surface area contributed by atoms with Crippen molar-refractivity contribution in [1.29, 1.82) is 0 Å². The van der Waals surface area contributed by atoms with Gasteiger partial charge in [0.25, 0.3) is 0 Å². The summed E-state index contributed by atoms with van der Waals surface area (Å²) in [5.41, 5.74) is 0.115. The maximum absolute atomic E-state index is 12.4. The number of alkyl carbamates (subject to hydrolysis) is 1. The number of carbonyl (C=O) groups is 2. The molecule has 0 aliphatic heterocycles. The van der Waals surface area contributed by atoms with Crippen molar-refractivity contribution in [3.8, 4) is 5.75 Å². The number of benzene rings is 1. The SMILES string of the molecule is COC(=O)c1sc2ccc(OC)cc2c1NC(CNC(=O)OC(C)(C)C)C(C)C. The van der Waals surface area contributed by atoms with Gasteiger partial charge in [-0.2, -0.15) is 0 Å². The molecular formula is C21H30N2O5S. The summed E-state index contributed by atoms with van der Waals surface area (Å²) in [6, 6.07) is 5.53. The van der Waals surface area contributed by atoms with Crippen LogP contribution in [-0.4, -0.2) is 44.5 Å². The van der Waals surface area contributed by atoms with Crippen LogP contribution in [0.25, 0.3) is 10.1 Å². The van der Waals surface area contributed by atoms with E-state index in [1.807, 2.05) is 52.8 Å². The van der Waals surface area contributed by atoms with Gasteiger partial charge in [0.2, 0.25) is 0 Å². The van der Waals surface area contributed by atoms with Crippen LogP contribution >= 0.6 is 11.3 Å². The number of carbonyl (C=O) groups excluding carboxylic acids is 2. The van der Waals surface area contributed by atoms with Gasteiger partial charge in [0.15, 0.2) is 0 Å². The molecule has 0 aliphatic rings. The van der Waals surface area contributed by atoms with Crippen LogP contribution in [0.15, 0.2) is 18.2 Å². The third kappa shape index (κ3) is 6.00. The van der Waals surface area contributed by atoms with E-state index in [2.05, 4.69) is 10.6 Å². The van der Waals surface area contributed by atoms with Crippen LogP contribution in [0.1, 0.15) is 44.3 Å². The summed E-state index contributed by atoms with van der Waals surface area (Å²) in [6.45, 7) is 9.88. The number of methoxy groups -OCH3 is 2. The van der Waals surface area contributed by atoms with Gasteiger partial charge in [0, 0.05) is 22.7 Å². The number of fused-ring (bicyclic) bond motifs is 1. The Morgan fingerprint density at radius 2 is 1.86 bits per heavy atom. The highest BCUT2D eigenvalue weighted by atomic mass is 32.1. The molecule has 160 valence electrons. The van der Waals surface area contributed by atoms with Gasteiger partial charge in [-0.25, -0.2) is 9.59 Å². The van der Waals surface area contributed by atoms with E-state index in [0.717, 1.165) is 10.1 Å². The fraction of sp³-hybridized carbons (Fsp3) is 0.524. The minimum atomic E-state index is -0.566. The maximum atomic E-state index is 12.4. The number of hydrogen-bond acceptors (Lipinski definition) is 7. The summed E-state index contributed by atoms with van der Waals surface area (Å²) >= 11 is 1.36. The monoisotopic (exact) mass is 422 g/mol. The van der Waals surface area contributed by atoms with Crippen molar-refractivity contribution in [2.75, 3.05) is 26.1 Å². The van der Waals surface area contributed by atoms with Crippen LogP contribution in [0, 0.1) is 5.92 Å². The summed E-state index contributed by atoms with van der Waals surface area (Å²) in [5.74, 6) is 0.467. The van der Waals surface area contributed by atoms with Crippen molar-refractivity contribution < 1.29 is 23.8 Å². The molecule has 1 amide bonds. The topological polar surface area (TPSA) is 85.9 Å². The molecule has 0 saturated carbocycles. The smallest absolute Gasteiger partial charge is 0.407 e. The van der Waals surface area contributed by atoms with Gasteiger partial charge < -0.3 is 24.8 Å². The van der Waals surface area contributed by atoms with E-state index in [-0.39, 0.29) is 12.0 Å². The molecule has 2 aromatic rings. The van der Waals surface area contributed by atoms with E-state index in [1.54, 1.807) is 7.11 Å². The zero-order valence-corrected chi connectivity index (χ0v) is 18.9. The lowest BCUT2D eigenvalue weighted by atomic mass is 10.0. The lowest BCUT2D eigenvalue weighted by molar-refractivity contribution is 0.0522. The second-order valence-electron chi connectivity index (χ2n) is 8.04. The number of rotatable bonds is 7. The molecule has 0 fully saturated rings. The molecule has 1 unspecified atom stereocenters. The second-order valence-corrected chi connectivity index (χ2v) is 9.09. The first kappa shape index (κ1) is 22.8. The Morgan fingerprint density at radius 1 is 1.17 bits per heavy atom. The molecule has 0 saturated heterocycles. The van der Waals surface area contributed by atoms with Crippen molar-refractivity contribution in [3.63, 3.8) is 0 Å². The van der Waals surface area contributed by atoms with Crippen LogP contribution in [0.4, 0.5) is 10.5 Å². The average molecular weight is 423 g/mol. The van der Waals surface area contributed by atoms with Crippen molar-refractivity contribution in [2.24, 2.45) is 5.92 Å². The Labute approximate surface area is 175 Å². The lowest BCUT2D eigenvalue weighted by Gasteiger charge is -2.26. The highest BCUT2D eigenvalue weighted by Gasteiger charge is 2.24. The third-order valence-corrected chi connectivity index (χ3v) is 5.42. The quantitative estimate of drug-likeness (QED) is 0.631. The van der Waals surface area contributed by atoms with Gasteiger partial charge in [-0.05, 0) is 44.9 Å². The predicted octanol–water partition coefficient (Wildman–Crippen LogP) is 4.66. The number of amides is 1. The van der Waals surface area contributed by atoms with E-state index in [4.69, 9.17) is 14.2 Å². The first-order chi connectivity index (χ1) is 13.6. The largest absolute Gasteiger partial charge is 0.497 e. The third-order valence-electron chi connectivity index (χ3n) is 4.27. The summed E-state index contributed by atoms with van der Waals surface area (Å²) in [7, 11) is 2.96. The Hall–Kier alpha value is -2.48. The Morgan fingerprint density at radius 3 is 2.41 bits per heavy atom. The highest BCUT2D eigenvalue weighted by Crippen LogP contribution is 2.39. The highest BCUT2D eigenvalue weighted by molar-refractivity contribution is 7.21. The molecular weight excluding hydrogens is 392 g/mol. The summed E-state index contributed by atoms with van der Waals surface area (Å²) < 4.78 is 16.6.